The van der Waals surface area contributed by atoms with Gasteiger partial charge in [-0.05, 0) is 84.0 Å². The molecular formula is C63H69N9O13. The van der Waals surface area contributed by atoms with Gasteiger partial charge in [0.2, 0.25) is 23.7 Å². The minimum Gasteiger partial charge on any atom is -0.508 e. The lowest BCUT2D eigenvalue weighted by atomic mass is 9.90. The van der Waals surface area contributed by atoms with Crippen LogP contribution in [0, 0.1) is 6.92 Å². The number of fused-ring (bicyclic) bond motifs is 1. The molecule has 9 N–H and O–H groups in total. The summed E-state index contributed by atoms with van der Waals surface area (Å²) in [6.07, 6.45) is -3.21. The third-order valence-electron chi connectivity index (χ3n) is 13.5. The number of hydrogen-bond acceptors (Lipinski definition) is 14. The summed E-state index contributed by atoms with van der Waals surface area (Å²) in [7, 11) is 0. The molecule has 0 fully saturated rings. The van der Waals surface area contributed by atoms with Gasteiger partial charge in [0.25, 0.3) is 5.91 Å². The van der Waals surface area contributed by atoms with Crippen molar-refractivity contribution in [3.8, 4) is 5.75 Å². The third-order valence-corrected chi connectivity index (χ3v) is 13.5. The summed E-state index contributed by atoms with van der Waals surface area (Å²) in [6.45, 7) is 1.39. The van der Waals surface area contributed by atoms with Crippen molar-refractivity contribution < 1.29 is 62.4 Å². The molecule has 4 atom stereocenters. The number of ether oxygens (including phenoxy) is 4. The summed E-state index contributed by atoms with van der Waals surface area (Å²) < 4.78 is 21.6. The van der Waals surface area contributed by atoms with Gasteiger partial charge in [0.15, 0.2) is 0 Å². The highest BCUT2D eigenvalue weighted by Crippen LogP contribution is 2.36. The number of carbonyl (C=O) groups excluding carboxylic acids is 8. The fourth-order valence-electron chi connectivity index (χ4n) is 9.17. The molecule has 2 unspecified atom stereocenters. The normalized spacial score (nSPS) is 13.4. The van der Waals surface area contributed by atoms with Gasteiger partial charge in [-0.2, -0.15) is 0 Å². The smallest absolute Gasteiger partial charge is 0.414 e. The van der Waals surface area contributed by atoms with E-state index in [0.717, 1.165) is 5.56 Å². The zero-order chi connectivity index (χ0) is 60.3. The zero-order valence-electron chi connectivity index (χ0n) is 46.9. The average Bonchev–Trinajstić information content (AvgIpc) is 3.10. The standard InChI is InChI=1S/C63H69N9O13/c1-42-34-48(73)36-54-49(42)37-52(58(77)72(54)53(57(76)67-51(55(64)74)35-43-20-7-2-8-21-43)31-17-18-32-66-60(78)82-38-44-22-9-3-10-23-44)68-56(75)50(69-61(79)83-39-45-24-11-4-12-25-45)30-19-33-65-59(70-62(80)84-40-46-26-13-5-14-27-46)71-63(81)85-41-47-28-15-6-16-29-47/h2-16,20-29,34,36,50-53,73H,17-19,30-33,35,37-41H2,1H3,(H2,64,74)(H,66,78)(H,67,76)(H,68,75)(H,69,79)(H2,65,70,71,80,81)/t50?,51?,52-,53-/m0/s1. The van der Waals surface area contributed by atoms with E-state index in [9.17, 15) is 38.7 Å². The molecule has 1 aliphatic heterocycles. The molecule has 0 aliphatic carbocycles. The molecule has 8 amide bonds. The Balaban J connectivity index is 1.11. The van der Waals surface area contributed by atoms with Crippen LogP contribution < -0.4 is 42.5 Å². The number of aliphatic imine (C=N–C) groups is 1. The third kappa shape index (κ3) is 20.3. The van der Waals surface area contributed by atoms with E-state index in [1.165, 1.54) is 17.0 Å². The fraction of sp³-hybridized carbons (Fsp3) is 0.286. The highest BCUT2D eigenvalue weighted by Gasteiger charge is 2.42. The number of carbonyl (C=O) groups is 8. The molecule has 85 heavy (non-hydrogen) atoms. The average molecular weight is 1160 g/mol. The number of nitrogens with one attached hydrogen (secondary N) is 6. The summed E-state index contributed by atoms with van der Waals surface area (Å²) >= 11 is 0. The number of benzene rings is 6. The highest BCUT2D eigenvalue weighted by atomic mass is 16.6. The second-order valence-electron chi connectivity index (χ2n) is 19.9. The van der Waals surface area contributed by atoms with Crippen molar-refractivity contribution in [2.45, 2.75) is 102 Å². The van der Waals surface area contributed by atoms with E-state index >= 15 is 4.79 Å². The number of alkyl carbamates (subject to hydrolysis) is 4. The lowest BCUT2D eigenvalue weighted by molar-refractivity contribution is -0.132. The number of aryl methyl sites for hydroxylation is 1. The van der Waals surface area contributed by atoms with Crippen molar-refractivity contribution in [3.05, 3.63) is 203 Å². The number of phenols is 1. The minimum absolute atomic E-state index is 0.0250. The van der Waals surface area contributed by atoms with Crippen LogP contribution >= 0.6 is 0 Å². The van der Waals surface area contributed by atoms with Crippen LogP contribution in [0.5, 0.6) is 5.75 Å². The van der Waals surface area contributed by atoms with E-state index in [2.05, 4.69) is 36.9 Å². The molecule has 444 valence electrons. The summed E-state index contributed by atoms with van der Waals surface area (Å²) in [5.41, 5.74) is 10.6. The van der Waals surface area contributed by atoms with Crippen molar-refractivity contribution >= 4 is 59.6 Å². The molecule has 0 saturated heterocycles. The highest BCUT2D eigenvalue weighted by molar-refractivity contribution is 6.08. The molecular weight excluding hydrogens is 1090 g/mol. The van der Waals surface area contributed by atoms with Crippen LogP contribution in [0.15, 0.2) is 169 Å². The van der Waals surface area contributed by atoms with Crippen molar-refractivity contribution in [1.82, 2.24) is 31.9 Å². The number of hydrogen-bond donors (Lipinski definition) is 8. The quantitative estimate of drug-likeness (QED) is 0.0117. The molecule has 1 aliphatic rings. The Kier molecular flexibility index (Phi) is 23.8. The fourth-order valence-corrected chi connectivity index (χ4v) is 9.17. The van der Waals surface area contributed by atoms with Gasteiger partial charge < -0.3 is 51.1 Å². The second kappa shape index (κ2) is 32.4. The first kappa shape index (κ1) is 62.4. The Bertz CT molecular complexity index is 3170. The number of guanidine groups is 1. The van der Waals surface area contributed by atoms with Gasteiger partial charge in [-0.15, -0.1) is 0 Å². The summed E-state index contributed by atoms with van der Waals surface area (Å²) in [5, 5.41) is 26.7. The van der Waals surface area contributed by atoms with Crippen LogP contribution in [0.1, 0.15) is 71.0 Å². The number of aromatic hydroxyl groups is 1. The molecule has 0 bridgehead atoms. The van der Waals surface area contributed by atoms with E-state index in [1.54, 1.807) is 116 Å². The number of nitrogens with two attached hydrogens (primary N) is 1. The van der Waals surface area contributed by atoms with Gasteiger partial charge in [-0.25, -0.2) is 19.2 Å². The van der Waals surface area contributed by atoms with Gasteiger partial charge in [0.1, 0.15) is 56.3 Å². The molecule has 22 nitrogen and oxygen atoms in total. The van der Waals surface area contributed by atoms with Gasteiger partial charge in [-0.1, -0.05) is 152 Å². The van der Waals surface area contributed by atoms with Crippen LogP contribution in [0.25, 0.3) is 0 Å². The zero-order valence-corrected chi connectivity index (χ0v) is 46.9. The molecule has 22 heteroatoms. The summed E-state index contributed by atoms with van der Waals surface area (Å²) in [4.78, 5) is 115. The first-order valence-electron chi connectivity index (χ1n) is 27.7. The maximum atomic E-state index is 15.2. The second-order valence-corrected chi connectivity index (χ2v) is 19.9. The predicted octanol–water partition coefficient (Wildman–Crippen LogP) is 7.04. The van der Waals surface area contributed by atoms with Gasteiger partial charge in [0.05, 0.1) is 5.69 Å². The molecule has 1 heterocycles. The van der Waals surface area contributed by atoms with Gasteiger partial charge >= 0.3 is 24.4 Å². The van der Waals surface area contributed by atoms with Crippen LogP contribution in [-0.4, -0.2) is 96.3 Å². The maximum absolute atomic E-state index is 15.2. The number of anilines is 1. The van der Waals surface area contributed by atoms with E-state index < -0.39 is 72.2 Å². The largest absolute Gasteiger partial charge is 0.508 e. The Morgan fingerprint density at radius 2 is 1.07 bits per heavy atom. The Labute approximate surface area is 491 Å². The van der Waals surface area contributed by atoms with E-state index in [4.69, 9.17) is 24.7 Å². The van der Waals surface area contributed by atoms with Crippen molar-refractivity contribution in [2.75, 3.05) is 18.0 Å². The topological polar surface area (TPSA) is 308 Å². The number of unbranched alkanes of at least 4 members (excludes halogenated alkanes) is 1. The van der Waals surface area contributed by atoms with Crippen molar-refractivity contribution in [1.29, 1.82) is 0 Å². The lowest BCUT2D eigenvalue weighted by Gasteiger charge is -2.40. The number of nitrogens with zero attached hydrogens (tertiary/aromatic N) is 2. The van der Waals surface area contributed by atoms with Crippen LogP contribution in [-0.2, 0) is 77.4 Å². The van der Waals surface area contributed by atoms with E-state index in [1.807, 2.05) is 42.5 Å². The van der Waals surface area contributed by atoms with Crippen LogP contribution in [0.3, 0.4) is 0 Å². The summed E-state index contributed by atoms with van der Waals surface area (Å²) in [5.74, 6) is -3.74. The van der Waals surface area contributed by atoms with E-state index in [0.29, 0.717) is 39.8 Å². The number of rotatable bonds is 26. The van der Waals surface area contributed by atoms with Crippen molar-refractivity contribution in [2.24, 2.45) is 10.7 Å². The number of phenolic OH excluding ortho intramolecular Hbond substituents is 1. The molecule has 0 radical (unpaired) electrons. The molecule has 6 aromatic rings. The maximum Gasteiger partial charge on any atom is 0.414 e. The monoisotopic (exact) mass is 1160 g/mol. The number of amides is 8. The molecule has 6 aromatic carbocycles. The summed E-state index contributed by atoms with van der Waals surface area (Å²) in [6, 6.07) is 42.1. The first-order chi connectivity index (χ1) is 41.2. The SMILES string of the molecule is Cc1cc(O)cc2c1C[C@H](NC(=O)C(CCCN=C(NC(=O)OCc1ccccc1)NC(=O)OCc1ccccc1)NC(=O)OCc1ccccc1)C(=O)N2[C@@H](CCCCNC(=O)OCc1ccccc1)C(=O)NC(Cc1ccccc1)C(N)=O. The Morgan fingerprint density at radius 1 is 0.588 bits per heavy atom. The first-order valence-corrected chi connectivity index (χ1v) is 27.7. The Hall–Kier alpha value is -10.3. The molecule has 0 saturated carbocycles. The van der Waals surface area contributed by atoms with Crippen LogP contribution in [0.2, 0.25) is 0 Å². The van der Waals surface area contributed by atoms with E-state index in [-0.39, 0.29) is 95.4 Å². The molecule has 0 aromatic heterocycles. The molecule has 0 spiro atoms. The van der Waals surface area contributed by atoms with Crippen molar-refractivity contribution in [3.63, 3.8) is 0 Å². The van der Waals surface area contributed by atoms with Gasteiger partial charge in [-0.3, -0.25) is 39.7 Å². The lowest BCUT2D eigenvalue weighted by Crippen LogP contribution is -2.62. The van der Waals surface area contributed by atoms with Crippen LogP contribution in [0.4, 0.5) is 24.9 Å². The van der Waals surface area contributed by atoms with Gasteiger partial charge in [0, 0.05) is 32.0 Å². The Morgan fingerprint density at radius 3 is 1.58 bits per heavy atom. The molecule has 7 rings (SSSR count). The predicted molar refractivity (Wildman–Crippen MR) is 314 cm³/mol. The minimum atomic E-state index is -1.39. The number of primary amides is 1.